The number of likely N-dealkylation sites (N-methyl/N-ethyl adjacent to an activating group) is 1. The van der Waals surface area contributed by atoms with Gasteiger partial charge in [-0.05, 0) is 34.6 Å². The Labute approximate surface area is 110 Å². The average molecular weight is 307 g/mol. The van der Waals surface area contributed by atoms with Crippen LogP contribution in [0.1, 0.15) is 17.8 Å². The van der Waals surface area contributed by atoms with Crippen LogP contribution in [0.3, 0.4) is 0 Å². The number of methoxy groups -OCH3 is 1. The molecule has 0 aliphatic carbocycles. The number of hydrogen-bond donors (Lipinski definition) is 1. The number of halogens is 1. The van der Waals surface area contributed by atoms with Crippen LogP contribution in [0.25, 0.3) is 0 Å². The third-order valence-electron chi connectivity index (χ3n) is 2.58. The Balaban J connectivity index is 2.70. The molecule has 0 radical (unpaired) electrons. The van der Waals surface area contributed by atoms with E-state index in [2.05, 4.69) is 39.9 Å². The standard InChI is InChI=1S/C11H19BrN2OS/c1-3-14(6-7-15-2)9(8-13)10-4-5-11(12)16-10/h4-5,9H,3,6-8,13H2,1-2H3. The molecule has 0 aliphatic rings. The van der Waals surface area contributed by atoms with E-state index in [1.165, 1.54) is 4.88 Å². The van der Waals surface area contributed by atoms with Gasteiger partial charge in [0.2, 0.25) is 0 Å². The van der Waals surface area contributed by atoms with Crippen LogP contribution in [0.4, 0.5) is 0 Å². The first-order valence-electron chi connectivity index (χ1n) is 5.41. The molecule has 2 N–H and O–H groups in total. The molecule has 5 heteroatoms. The summed E-state index contributed by atoms with van der Waals surface area (Å²) < 4.78 is 6.28. The molecule has 0 saturated heterocycles. The highest BCUT2D eigenvalue weighted by molar-refractivity contribution is 9.11. The first-order chi connectivity index (χ1) is 7.72. The highest BCUT2D eigenvalue weighted by atomic mass is 79.9. The van der Waals surface area contributed by atoms with E-state index in [0.717, 1.165) is 23.5 Å². The van der Waals surface area contributed by atoms with Crippen LogP contribution < -0.4 is 5.73 Å². The zero-order valence-electron chi connectivity index (χ0n) is 9.78. The molecule has 3 nitrogen and oxygen atoms in total. The maximum absolute atomic E-state index is 5.87. The Morgan fingerprint density at radius 2 is 2.31 bits per heavy atom. The molecule has 1 unspecified atom stereocenters. The summed E-state index contributed by atoms with van der Waals surface area (Å²) in [4.78, 5) is 3.66. The van der Waals surface area contributed by atoms with Crippen LogP contribution in [-0.2, 0) is 4.74 Å². The number of nitrogens with zero attached hydrogens (tertiary/aromatic N) is 1. The monoisotopic (exact) mass is 306 g/mol. The van der Waals surface area contributed by atoms with Crippen LogP contribution in [0.15, 0.2) is 15.9 Å². The molecular weight excluding hydrogens is 288 g/mol. The Bertz CT molecular complexity index is 306. The van der Waals surface area contributed by atoms with Gasteiger partial charge in [0, 0.05) is 25.1 Å². The summed E-state index contributed by atoms with van der Waals surface area (Å²) in [6, 6.07) is 4.52. The van der Waals surface area contributed by atoms with Gasteiger partial charge in [-0.1, -0.05) is 6.92 Å². The maximum Gasteiger partial charge on any atom is 0.0702 e. The SMILES string of the molecule is CCN(CCOC)C(CN)c1ccc(Br)s1. The van der Waals surface area contributed by atoms with Crippen LogP contribution >= 0.6 is 27.3 Å². The second-order valence-electron chi connectivity index (χ2n) is 3.51. The van der Waals surface area contributed by atoms with Gasteiger partial charge in [0.1, 0.15) is 0 Å². The second kappa shape index (κ2) is 7.40. The fourth-order valence-corrected chi connectivity index (χ4v) is 3.27. The highest BCUT2D eigenvalue weighted by Gasteiger charge is 2.18. The molecule has 0 bridgehead atoms. The minimum atomic E-state index is 0.302. The van der Waals surface area contributed by atoms with Gasteiger partial charge >= 0.3 is 0 Å². The summed E-state index contributed by atoms with van der Waals surface area (Å²) in [7, 11) is 1.73. The van der Waals surface area contributed by atoms with Crippen molar-refractivity contribution in [2.75, 3.05) is 33.4 Å². The third-order valence-corrected chi connectivity index (χ3v) is 4.30. The molecule has 1 aromatic heterocycles. The maximum atomic E-state index is 5.87. The quantitative estimate of drug-likeness (QED) is 0.841. The smallest absolute Gasteiger partial charge is 0.0702 e. The van der Waals surface area contributed by atoms with E-state index >= 15 is 0 Å². The summed E-state index contributed by atoms with van der Waals surface area (Å²) >= 11 is 5.24. The van der Waals surface area contributed by atoms with Gasteiger partial charge in [-0.3, -0.25) is 4.90 Å². The van der Waals surface area contributed by atoms with Crippen molar-refractivity contribution in [3.63, 3.8) is 0 Å². The van der Waals surface area contributed by atoms with Crippen molar-refractivity contribution in [1.82, 2.24) is 4.90 Å². The van der Waals surface area contributed by atoms with E-state index in [1.807, 2.05) is 0 Å². The first-order valence-corrected chi connectivity index (χ1v) is 7.02. The van der Waals surface area contributed by atoms with Gasteiger partial charge in [0.05, 0.1) is 16.4 Å². The predicted octanol–water partition coefficient (Wildman–Crippen LogP) is 2.48. The lowest BCUT2D eigenvalue weighted by molar-refractivity contribution is 0.127. The lowest BCUT2D eigenvalue weighted by Crippen LogP contribution is -2.35. The van der Waals surface area contributed by atoms with Gasteiger partial charge in [0.25, 0.3) is 0 Å². The molecule has 92 valence electrons. The number of hydrogen-bond acceptors (Lipinski definition) is 4. The molecule has 0 fully saturated rings. The largest absolute Gasteiger partial charge is 0.383 e. The van der Waals surface area contributed by atoms with Gasteiger partial charge in [-0.15, -0.1) is 11.3 Å². The number of nitrogens with two attached hydrogens (primary N) is 1. The number of thiophene rings is 1. The van der Waals surface area contributed by atoms with E-state index in [0.29, 0.717) is 12.6 Å². The minimum absolute atomic E-state index is 0.302. The summed E-state index contributed by atoms with van der Waals surface area (Å²) in [6.45, 7) is 5.45. The third kappa shape index (κ3) is 3.82. The number of rotatable bonds is 7. The molecule has 0 spiro atoms. The Morgan fingerprint density at radius 1 is 1.56 bits per heavy atom. The average Bonchev–Trinajstić information content (AvgIpc) is 2.70. The second-order valence-corrected chi connectivity index (χ2v) is 6.01. The molecular formula is C11H19BrN2OS. The van der Waals surface area contributed by atoms with E-state index < -0.39 is 0 Å². The van der Waals surface area contributed by atoms with Crippen LogP contribution in [0.5, 0.6) is 0 Å². The molecule has 1 aromatic rings. The fraction of sp³-hybridized carbons (Fsp3) is 0.636. The van der Waals surface area contributed by atoms with Crippen molar-refractivity contribution in [3.8, 4) is 0 Å². The molecule has 16 heavy (non-hydrogen) atoms. The Kier molecular flexibility index (Phi) is 6.53. The van der Waals surface area contributed by atoms with Crippen molar-refractivity contribution >= 4 is 27.3 Å². The van der Waals surface area contributed by atoms with Gasteiger partial charge in [-0.2, -0.15) is 0 Å². The Morgan fingerprint density at radius 3 is 2.75 bits per heavy atom. The van der Waals surface area contributed by atoms with E-state index in [4.69, 9.17) is 10.5 Å². The van der Waals surface area contributed by atoms with Crippen molar-refractivity contribution < 1.29 is 4.74 Å². The zero-order valence-corrected chi connectivity index (χ0v) is 12.2. The van der Waals surface area contributed by atoms with Crippen molar-refractivity contribution in [1.29, 1.82) is 0 Å². The molecule has 0 saturated carbocycles. The van der Waals surface area contributed by atoms with Crippen LogP contribution in [-0.4, -0.2) is 38.3 Å². The van der Waals surface area contributed by atoms with Gasteiger partial charge in [-0.25, -0.2) is 0 Å². The summed E-state index contributed by atoms with van der Waals surface area (Å²) in [5, 5.41) is 0. The van der Waals surface area contributed by atoms with Crippen molar-refractivity contribution in [3.05, 3.63) is 20.8 Å². The minimum Gasteiger partial charge on any atom is -0.383 e. The van der Waals surface area contributed by atoms with Gasteiger partial charge < -0.3 is 10.5 Å². The van der Waals surface area contributed by atoms with E-state index in [9.17, 15) is 0 Å². The zero-order chi connectivity index (χ0) is 12.0. The first kappa shape index (κ1) is 14.1. The Hall–Kier alpha value is 0.0600. The van der Waals surface area contributed by atoms with E-state index in [1.54, 1.807) is 18.4 Å². The molecule has 0 amide bonds. The topological polar surface area (TPSA) is 38.5 Å². The lowest BCUT2D eigenvalue weighted by Gasteiger charge is -2.28. The summed E-state index contributed by atoms with van der Waals surface area (Å²) in [6.07, 6.45) is 0. The van der Waals surface area contributed by atoms with Crippen molar-refractivity contribution in [2.45, 2.75) is 13.0 Å². The lowest BCUT2D eigenvalue weighted by atomic mass is 10.2. The summed E-state index contributed by atoms with van der Waals surface area (Å²) in [5.74, 6) is 0. The number of ether oxygens (including phenoxy) is 1. The molecule has 1 rings (SSSR count). The van der Waals surface area contributed by atoms with E-state index in [-0.39, 0.29) is 0 Å². The van der Waals surface area contributed by atoms with Crippen molar-refractivity contribution in [2.24, 2.45) is 5.73 Å². The predicted molar refractivity (Wildman–Crippen MR) is 72.9 cm³/mol. The molecule has 1 atom stereocenters. The fourth-order valence-electron chi connectivity index (χ4n) is 1.70. The van der Waals surface area contributed by atoms with Crippen LogP contribution in [0.2, 0.25) is 0 Å². The molecule has 0 aromatic carbocycles. The normalized spacial score (nSPS) is 13.3. The van der Waals surface area contributed by atoms with Gasteiger partial charge in [0.15, 0.2) is 0 Å². The molecule has 0 aliphatic heterocycles. The molecule has 1 heterocycles. The van der Waals surface area contributed by atoms with Crippen LogP contribution in [0, 0.1) is 0 Å². The summed E-state index contributed by atoms with van der Waals surface area (Å²) in [5.41, 5.74) is 5.87. The highest BCUT2D eigenvalue weighted by Crippen LogP contribution is 2.30.